The van der Waals surface area contributed by atoms with E-state index in [1.165, 1.54) is 0 Å². The van der Waals surface area contributed by atoms with Crippen LogP contribution < -0.4 is 5.32 Å². The van der Waals surface area contributed by atoms with Crippen LogP contribution in [0.1, 0.15) is 22.9 Å². The van der Waals surface area contributed by atoms with Crippen LogP contribution in [0, 0.1) is 6.92 Å². The van der Waals surface area contributed by atoms with Crippen LogP contribution >= 0.6 is 15.9 Å². The predicted octanol–water partition coefficient (Wildman–Crippen LogP) is 5.61. The number of hydrogen-bond donors (Lipinski definition) is 2. The van der Waals surface area contributed by atoms with E-state index >= 15 is 0 Å². The van der Waals surface area contributed by atoms with Gasteiger partial charge in [0.05, 0.1) is 6.04 Å². The van der Waals surface area contributed by atoms with E-state index < -0.39 is 0 Å². The minimum atomic E-state index is -0.290. The van der Waals surface area contributed by atoms with Gasteiger partial charge in [0.15, 0.2) is 0 Å². The van der Waals surface area contributed by atoms with Crippen LogP contribution in [0.2, 0.25) is 0 Å². The fourth-order valence-electron chi connectivity index (χ4n) is 3.15. The molecule has 4 aromatic rings. The Bertz CT molecular complexity index is 1100. The van der Waals surface area contributed by atoms with Crippen LogP contribution in [0.25, 0.3) is 10.9 Å². The third kappa shape index (κ3) is 3.51. The summed E-state index contributed by atoms with van der Waals surface area (Å²) in [6, 6.07) is 21.2. The van der Waals surface area contributed by atoms with Crippen molar-refractivity contribution in [3.05, 3.63) is 94.2 Å². The molecule has 2 N–H and O–H groups in total. The second-order valence-corrected chi connectivity index (χ2v) is 7.20. The van der Waals surface area contributed by atoms with Gasteiger partial charge in [0.25, 0.3) is 0 Å². The van der Waals surface area contributed by atoms with Crippen LogP contribution in [0.5, 0.6) is 5.75 Å². The number of hydrogen-bond acceptors (Lipinski definition) is 4. The molecule has 0 amide bonds. The second-order valence-electron chi connectivity index (χ2n) is 6.34. The van der Waals surface area contributed by atoms with E-state index in [4.69, 9.17) is 0 Å². The highest BCUT2D eigenvalue weighted by atomic mass is 79.9. The highest BCUT2D eigenvalue weighted by Gasteiger charge is 2.22. The lowest BCUT2D eigenvalue weighted by molar-refractivity contribution is 0.471. The third-order valence-electron chi connectivity index (χ3n) is 4.49. The molecule has 0 aliphatic carbocycles. The summed E-state index contributed by atoms with van der Waals surface area (Å²) in [6.07, 6.45) is 1.74. The Morgan fingerprint density at radius 3 is 2.48 bits per heavy atom. The summed E-state index contributed by atoms with van der Waals surface area (Å²) >= 11 is 3.64. The number of phenols is 1. The Kier molecular flexibility index (Phi) is 4.77. The van der Waals surface area contributed by atoms with Crippen LogP contribution in [0.3, 0.4) is 0 Å². The molecule has 5 heteroatoms. The van der Waals surface area contributed by atoms with Crippen molar-refractivity contribution in [2.45, 2.75) is 13.0 Å². The first-order valence-electron chi connectivity index (χ1n) is 8.65. The normalized spacial score (nSPS) is 12.1. The number of rotatable bonds is 4. The molecule has 2 aromatic carbocycles. The Hall–Kier alpha value is -2.92. The number of phenolic OH excluding ortho intramolecular Hbond substituents is 1. The average molecular weight is 420 g/mol. The first-order chi connectivity index (χ1) is 13.1. The lowest BCUT2D eigenvalue weighted by Crippen LogP contribution is -2.14. The fourth-order valence-corrected chi connectivity index (χ4v) is 3.66. The van der Waals surface area contributed by atoms with Gasteiger partial charge in [-0.15, -0.1) is 0 Å². The maximum absolute atomic E-state index is 11.0. The molecular weight excluding hydrogens is 402 g/mol. The Labute approximate surface area is 166 Å². The van der Waals surface area contributed by atoms with Gasteiger partial charge in [-0.2, -0.15) is 0 Å². The lowest BCUT2D eigenvalue weighted by atomic mass is 9.96. The quantitative estimate of drug-likeness (QED) is 0.451. The summed E-state index contributed by atoms with van der Waals surface area (Å²) in [6.45, 7) is 1.92. The Balaban J connectivity index is 1.89. The predicted molar refractivity (Wildman–Crippen MR) is 112 cm³/mol. The van der Waals surface area contributed by atoms with Gasteiger partial charge in [-0.3, -0.25) is 0 Å². The fraction of sp³-hybridized carbons (Fsp3) is 0.0909. The van der Waals surface area contributed by atoms with Crippen molar-refractivity contribution in [2.24, 2.45) is 0 Å². The van der Waals surface area contributed by atoms with Gasteiger partial charge >= 0.3 is 0 Å². The van der Waals surface area contributed by atoms with E-state index in [9.17, 15) is 5.11 Å². The summed E-state index contributed by atoms with van der Waals surface area (Å²) in [5, 5.41) is 15.4. The largest absolute Gasteiger partial charge is 0.505 e. The highest BCUT2D eigenvalue weighted by Crippen LogP contribution is 2.38. The number of aromatic hydroxyl groups is 1. The lowest BCUT2D eigenvalue weighted by Gasteiger charge is -2.23. The maximum Gasteiger partial charge on any atom is 0.147 e. The molecule has 0 fully saturated rings. The Morgan fingerprint density at radius 2 is 1.70 bits per heavy atom. The number of halogens is 1. The Morgan fingerprint density at radius 1 is 0.926 bits per heavy atom. The summed E-state index contributed by atoms with van der Waals surface area (Å²) in [7, 11) is 0. The summed E-state index contributed by atoms with van der Waals surface area (Å²) in [5.74, 6) is 0.912. The summed E-state index contributed by atoms with van der Waals surface area (Å²) < 4.78 is 0.954. The minimum absolute atomic E-state index is 0.181. The molecule has 134 valence electrons. The van der Waals surface area contributed by atoms with Crippen molar-refractivity contribution in [3.8, 4) is 5.75 Å². The first kappa shape index (κ1) is 17.5. The third-order valence-corrected chi connectivity index (χ3v) is 5.21. The number of anilines is 1. The van der Waals surface area contributed by atoms with Gasteiger partial charge in [0.2, 0.25) is 0 Å². The maximum atomic E-state index is 11.0. The van der Waals surface area contributed by atoms with Crippen molar-refractivity contribution in [1.82, 2.24) is 9.97 Å². The van der Waals surface area contributed by atoms with E-state index in [1.54, 1.807) is 6.20 Å². The molecule has 0 aliphatic heterocycles. The number of nitrogens with zero attached hydrogens (tertiary/aromatic N) is 2. The molecule has 2 aromatic heterocycles. The van der Waals surface area contributed by atoms with Gasteiger partial charge in [0.1, 0.15) is 17.1 Å². The zero-order chi connectivity index (χ0) is 18.8. The number of aromatic nitrogens is 2. The number of aryl methyl sites for hydroxylation is 1. The van der Waals surface area contributed by atoms with E-state index in [0.717, 1.165) is 32.5 Å². The second kappa shape index (κ2) is 7.37. The molecule has 27 heavy (non-hydrogen) atoms. The zero-order valence-corrected chi connectivity index (χ0v) is 16.3. The number of benzene rings is 2. The van der Waals surface area contributed by atoms with Crippen LogP contribution in [-0.2, 0) is 0 Å². The van der Waals surface area contributed by atoms with Gasteiger partial charge in [-0.1, -0.05) is 58.4 Å². The smallest absolute Gasteiger partial charge is 0.147 e. The van der Waals surface area contributed by atoms with Crippen LogP contribution in [0.15, 0.2) is 77.4 Å². The van der Waals surface area contributed by atoms with E-state index in [2.05, 4.69) is 31.2 Å². The van der Waals surface area contributed by atoms with E-state index in [1.807, 2.05) is 73.7 Å². The van der Waals surface area contributed by atoms with Crippen molar-refractivity contribution in [3.63, 3.8) is 0 Å². The van der Waals surface area contributed by atoms with Crippen molar-refractivity contribution in [2.75, 3.05) is 5.32 Å². The standard InChI is InChI=1S/C22H18BrN3O/c1-14-9-10-15-11-12-17(22(27)20(15)25-14)21(16-6-2-3-7-18(16)23)26-19-8-4-5-13-24-19/h2-13,21,27H,1H3,(H,24,26)/t21-/m0/s1. The molecule has 4 nitrogen and oxygen atoms in total. The van der Waals surface area contributed by atoms with Crippen molar-refractivity contribution >= 4 is 32.7 Å². The van der Waals surface area contributed by atoms with Crippen molar-refractivity contribution in [1.29, 1.82) is 0 Å². The van der Waals surface area contributed by atoms with E-state index in [-0.39, 0.29) is 11.8 Å². The minimum Gasteiger partial charge on any atom is -0.505 e. The van der Waals surface area contributed by atoms with Crippen molar-refractivity contribution < 1.29 is 5.11 Å². The monoisotopic (exact) mass is 419 g/mol. The molecule has 0 saturated carbocycles. The van der Waals surface area contributed by atoms with Gasteiger partial charge in [-0.25, -0.2) is 9.97 Å². The molecule has 0 bridgehead atoms. The number of pyridine rings is 2. The molecular formula is C22H18BrN3O. The molecule has 2 heterocycles. The average Bonchev–Trinajstić information content (AvgIpc) is 2.69. The molecule has 0 unspecified atom stereocenters. The SMILES string of the molecule is Cc1ccc2ccc([C@@H](Nc3ccccn3)c3ccccc3Br)c(O)c2n1. The molecule has 0 saturated heterocycles. The van der Waals surface area contributed by atoms with Gasteiger partial charge in [-0.05, 0) is 36.8 Å². The summed E-state index contributed by atoms with van der Waals surface area (Å²) in [5.41, 5.74) is 3.22. The number of fused-ring (bicyclic) bond motifs is 1. The molecule has 0 radical (unpaired) electrons. The zero-order valence-electron chi connectivity index (χ0n) is 14.7. The molecule has 1 atom stereocenters. The molecule has 0 aliphatic rings. The topological polar surface area (TPSA) is 58.0 Å². The van der Waals surface area contributed by atoms with Crippen LogP contribution in [0.4, 0.5) is 5.82 Å². The molecule has 0 spiro atoms. The van der Waals surface area contributed by atoms with E-state index in [0.29, 0.717) is 5.52 Å². The van der Waals surface area contributed by atoms with Gasteiger partial charge in [0, 0.05) is 27.3 Å². The summed E-state index contributed by atoms with van der Waals surface area (Å²) in [4.78, 5) is 8.92. The first-order valence-corrected chi connectivity index (χ1v) is 9.44. The molecule has 4 rings (SSSR count). The van der Waals surface area contributed by atoms with Gasteiger partial charge < -0.3 is 10.4 Å². The van der Waals surface area contributed by atoms with Crippen LogP contribution in [-0.4, -0.2) is 15.1 Å². The number of nitrogens with one attached hydrogen (secondary N) is 1. The highest BCUT2D eigenvalue weighted by molar-refractivity contribution is 9.10.